The van der Waals surface area contributed by atoms with Gasteiger partial charge in [-0.15, -0.1) is 0 Å². The van der Waals surface area contributed by atoms with Crippen LogP contribution in [-0.2, 0) is 11.2 Å². The molecule has 0 amide bonds. The van der Waals surface area contributed by atoms with Gasteiger partial charge in [-0.05, 0) is 30.9 Å². The first kappa shape index (κ1) is 14.3. The summed E-state index contributed by atoms with van der Waals surface area (Å²) < 4.78 is 24.9. The Balaban J connectivity index is 2.03. The van der Waals surface area contributed by atoms with E-state index < -0.39 is 0 Å². The Kier molecular flexibility index (Phi) is 5.16. The predicted molar refractivity (Wildman–Crippen MR) is 72.8 cm³/mol. The van der Waals surface area contributed by atoms with Gasteiger partial charge in [0.05, 0.1) is 13.2 Å². The third kappa shape index (κ3) is 3.91. The second kappa shape index (κ2) is 6.87. The van der Waals surface area contributed by atoms with Gasteiger partial charge in [0.2, 0.25) is 0 Å². The minimum absolute atomic E-state index is 0.0407. The summed E-state index contributed by atoms with van der Waals surface area (Å²) in [7, 11) is 0. The predicted octanol–water partition coefficient (Wildman–Crippen LogP) is 2.52. The van der Waals surface area contributed by atoms with Gasteiger partial charge in [-0.3, -0.25) is 0 Å². The van der Waals surface area contributed by atoms with Gasteiger partial charge in [-0.25, -0.2) is 4.39 Å². The number of nitrogens with two attached hydrogens (primary N) is 1. The molecule has 0 bridgehead atoms. The second-order valence-corrected chi connectivity index (χ2v) is 5.14. The van der Waals surface area contributed by atoms with Crippen molar-refractivity contribution in [1.82, 2.24) is 0 Å². The summed E-state index contributed by atoms with van der Waals surface area (Å²) in [5, 5.41) is 0. The lowest BCUT2D eigenvalue weighted by atomic mass is 10.0. The maximum Gasteiger partial charge on any atom is 0.165 e. The maximum atomic E-state index is 13.9. The fourth-order valence-corrected chi connectivity index (χ4v) is 2.22. The van der Waals surface area contributed by atoms with Gasteiger partial charge < -0.3 is 15.2 Å². The third-order valence-corrected chi connectivity index (χ3v) is 3.54. The third-order valence-electron chi connectivity index (χ3n) is 3.54. The smallest absolute Gasteiger partial charge is 0.165 e. The van der Waals surface area contributed by atoms with Crippen LogP contribution in [0.15, 0.2) is 18.2 Å². The lowest BCUT2D eigenvalue weighted by Crippen LogP contribution is -2.22. The minimum Gasteiger partial charge on any atom is -0.490 e. The molecule has 1 aliphatic rings. The molecule has 1 fully saturated rings. The molecule has 1 aromatic rings. The molecule has 0 radical (unpaired) electrons. The molecule has 1 aliphatic heterocycles. The summed E-state index contributed by atoms with van der Waals surface area (Å²) in [5.74, 6) is 0.422. The van der Waals surface area contributed by atoms with Gasteiger partial charge in [0.25, 0.3) is 0 Å². The highest BCUT2D eigenvalue weighted by atomic mass is 19.1. The molecular weight excluding hydrogens is 245 g/mol. The first-order valence-electron chi connectivity index (χ1n) is 6.94. The van der Waals surface area contributed by atoms with Gasteiger partial charge in [-0.1, -0.05) is 19.1 Å². The van der Waals surface area contributed by atoms with Crippen molar-refractivity contribution in [1.29, 1.82) is 0 Å². The summed E-state index contributed by atoms with van der Waals surface area (Å²) >= 11 is 0. The van der Waals surface area contributed by atoms with E-state index in [1.54, 1.807) is 6.07 Å². The Labute approximate surface area is 113 Å². The topological polar surface area (TPSA) is 44.5 Å². The second-order valence-electron chi connectivity index (χ2n) is 5.14. The number of rotatable bonds is 6. The van der Waals surface area contributed by atoms with Gasteiger partial charge in [0.15, 0.2) is 11.6 Å². The average molecular weight is 267 g/mol. The summed E-state index contributed by atoms with van der Waals surface area (Å²) in [6, 6.07) is 5.07. The Morgan fingerprint density at radius 3 is 3.05 bits per heavy atom. The molecule has 2 unspecified atom stereocenters. The molecule has 1 aromatic carbocycles. The zero-order valence-corrected chi connectivity index (χ0v) is 11.4. The Bertz CT molecular complexity index is 405. The van der Waals surface area contributed by atoms with Crippen LogP contribution in [0.4, 0.5) is 4.39 Å². The first-order valence-corrected chi connectivity index (χ1v) is 6.94. The van der Waals surface area contributed by atoms with Crippen LogP contribution in [-0.4, -0.2) is 25.9 Å². The number of benzene rings is 1. The van der Waals surface area contributed by atoms with Crippen molar-refractivity contribution in [3.8, 4) is 5.75 Å². The zero-order valence-electron chi connectivity index (χ0n) is 11.4. The summed E-state index contributed by atoms with van der Waals surface area (Å²) in [5.41, 5.74) is 6.80. The van der Waals surface area contributed by atoms with E-state index in [0.29, 0.717) is 31.3 Å². The molecule has 1 heterocycles. The summed E-state index contributed by atoms with van der Waals surface area (Å²) in [6.45, 7) is 4.02. The molecule has 1 saturated heterocycles. The van der Waals surface area contributed by atoms with Crippen LogP contribution in [0.5, 0.6) is 5.75 Å². The maximum absolute atomic E-state index is 13.9. The quantitative estimate of drug-likeness (QED) is 0.861. The van der Waals surface area contributed by atoms with Crippen molar-refractivity contribution in [2.75, 3.05) is 19.8 Å². The lowest BCUT2D eigenvalue weighted by Gasteiger charge is -2.16. The highest BCUT2D eigenvalue weighted by Crippen LogP contribution is 2.25. The van der Waals surface area contributed by atoms with E-state index in [2.05, 4.69) is 0 Å². The first-order chi connectivity index (χ1) is 9.20. The molecule has 19 heavy (non-hydrogen) atoms. The molecule has 0 aliphatic carbocycles. The number of para-hydroxylation sites is 1. The SMILES string of the molecule is CCC(N)Cc1cccc(F)c1OCC1CCOC1. The fraction of sp³-hybridized carbons (Fsp3) is 0.600. The monoisotopic (exact) mass is 267 g/mol. The van der Waals surface area contributed by atoms with Crippen molar-refractivity contribution in [3.05, 3.63) is 29.6 Å². The molecule has 2 N–H and O–H groups in total. The van der Waals surface area contributed by atoms with E-state index in [9.17, 15) is 4.39 Å². The van der Waals surface area contributed by atoms with Crippen molar-refractivity contribution >= 4 is 0 Å². The molecule has 0 saturated carbocycles. The van der Waals surface area contributed by atoms with Gasteiger partial charge in [0, 0.05) is 18.6 Å². The van der Waals surface area contributed by atoms with Crippen molar-refractivity contribution in [3.63, 3.8) is 0 Å². The molecule has 0 aromatic heterocycles. The Morgan fingerprint density at radius 1 is 1.53 bits per heavy atom. The van der Waals surface area contributed by atoms with Crippen molar-refractivity contribution in [2.45, 2.75) is 32.2 Å². The molecule has 2 rings (SSSR count). The van der Waals surface area contributed by atoms with Crippen LogP contribution in [0.3, 0.4) is 0 Å². The molecule has 106 valence electrons. The Morgan fingerprint density at radius 2 is 2.37 bits per heavy atom. The molecule has 3 nitrogen and oxygen atoms in total. The van der Waals surface area contributed by atoms with Crippen LogP contribution in [0, 0.1) is 11.7 Å². The van der Waals surface area contributed by atoms with Gasteiger partial charge in [-0.2, -0.15) is 0 Å². The van der Waals surface area contributed by atoms with E-state index in [-0.39, 0.29) is 11.9 Å². The van der Waals surface area contributed by atoms with E-state index in [4.69, 9.17) is 15.2 Å². The van der Waals surface area contributed by atoms with Gasteiger partial charge >= 0.3 is 0 Å². The number of hydrogen-bond donors (Lipinski definition) is 1. The highest BCUT2D eigenvalue weighted by Gasteiger charge is 2.18. The van der Waals surface area contributed by atoms with Crippen LogP contribution in [0.1, 0.15) is 25.3 Å². The van der Waals surface area contributed by atoms with Crippen LogP contribution in [0.25, 0.3) is 0 Å². The average Bonchev–Trinajstić information content (AvgIpc) is 2.91. The lowest BCUT2D eigenvalue weighted by molar-refractivity contribution is 0.165. The number of hydrogen-bond acceptors (Lipinski definition) is 3. The van der Waals surface area contributed by atoms with E-state index in [1.807, 2.05) is 13.0 Å². The van der Waals surface area contributed by atoms with Crippen LogP contribution >= 0.6 is 0 Å². The largest absolute Gasteiger partial charge is 0.490 e. The Hall–Kier alpha value is -1.13. The molecule has 2 atom stereocenters. The normalized spacial score (nSPS) is 20.5. The van der Waals surface area contributed by atoms with Crippen LogP contribution in [0.2, 0.25) is 0 Å². The highest BCUT2D eigenvalue weighted by molar-refractivity contribution is 5.35. The van der Waals surface area contributed by atoms with Crippen molar-refractivity contribution in [2.24, 2.45) is 11.7 Å². The van der Waals surface area contributed by atoms with Crippen molar-refractivity contribution < 1.29 is 13.9 Å². The molecular formula is C15H22FNO2. The molecule has 4 heteroatoms. The summed E-state index contributed by atoms with van der Waals surface area (Å²) in [4.78, 5) is 0. The number of ether oxygens (including phenoxy) is 2. The number of halogens is 1. The zero-order chi connectivity index (χ0) is 13.7. The molecule has 0 spiro atoms. The standard InChI is InChI=1S/C15H22FNO2/c1-2-13(17)8-12-4-3-5-14(16)15(12)19-10-11-6-7-18-9-11/h3-5,11,13H,2,6-10,17H2,1H3. The van der Waals surface area contributed by atoms with E-state index >= 15 is 0 Å². The van der Waals surface area contributed by atoms with Crippen LogP contribution < -0.4 is 10.5 Å². The minimum atomic E-state index is -0.306. The van der Waals surface area contributed by atoms with Gasteiger partial charge in [0.1, 0.15) is 0 Å². The van der Waals surface area contributed by atoms with E-state index in [0.717, 1.165) is 25.0 Å². The fourth-order valence-electron chi connectivity index (χ4n) is 2.22. The summed E-state index contributed by atoms with van der Waals surface area (Å²) in [6.07, 6.45) is 2.50. The van der Waals surface area contributed by atoms with E-state index in [1.165, 1.54) is 6.07 Å².